The molecule has 2 aromatic rings. The van der Waals surface area contributed by atoms with E-state index in [0.29, 0.717) is 30.8 Å². The Morgan fingerprint density at radius 1 is 1.27 bits per heavy atom. The SMILES string of the molecule is O=C(NCCCCCN1CC(C(=O)NC2CC(O)C2)C1)c1cc(-c2cccs2)on1. The van der Waals surface area contributed by atoms with E-state index in [2.05, 4.69) is 20.7 Å². The molecule has 1 saturated carbocycles. The van der Waals surface area contributed by atoms with E-state index >= 15 is 0 Å². The molecule has 2 aromatic heterocycles. The van der Waals surface area contributed by atoms with Crippen molar-refractivity contribution in [3.63, 3.8) is 0 Å². The summed E-state index contributed by atoms with van der Waals surface area (Å²) < 4.78 is 5.24. The van der Waals surface area contributed by atoms with Crippen molar-refractivity contribution >= 4 is 23.2 Å². The lowest BCUT2D eigenvalue weighted by Crippen LogP contribution is -2.57. The third-order valence-electron chi connectivity index (χ3n) is 5.73. The molecule has 1 saturated heterocycles. The number of hydrogen-bond donors (Lipinski definition) is 3. The molecule has 4 rings (SSSR count). The van der Waals surface area contributed by atoms with E-state index in [1.54, 1.807) is 17.4 Å². The zero-order valence-corrected chi connectivity index (χ0v) is 17.7. The van der Waals surface area contributed by atoms with E-state index < -0.39 is 0 Å². The number of carbonyl (C=O) groups is 2. The van der Waals surface area contributed by atoms with Crippen LogP contribution in [0, 0.1) is 5.92 Å². The summed E-state index contributed by atoms with van der Waals surface area (Å²) in [6.07, 6.45) is 4.11. The van der Waals surface area contributed by atoms with Crippen molar-refractivity contribution in [3.05, 3.63) is 29.3 Å². The molecule has 2 amide bonds. The van der Waals surface area contributed by atoms with Crippen molar-refractivity contribution < 1.29 is 19.2 Å². The second kappa shape index (κ2) is 9.72. The van der Waals surface area contributed by atoms with Gasteiger partial charge in [-0.3, -0.25) is 9.59 Å². The van der Waals surface area contributed by atoms with Crippen LogP contribution in [0.5, 0.6) is 0 Å². The maximum atomic E-state index is 12.2. The van der Waals surface area contributed by atoms with Gasteiger partial charge < -0.3 is 25.2 Å². The number of likely N-dealkylation sites (tertiary alicyclic amines) is 1. The molecule has 2 aliphatic rings. The minimum atomic E-state index is -0.238. The molecule has 1 aliphatic carbocycles. The van der Waals surface area contributed by atoms with Gasteiger partial charge in [0.05, 0.1) is 16.9 Å². The van der Waals surface area contributed by atoms with E-state index in [0.717, 1.165) is 43.8 Å². The summed E-state index contributed by atoms with van der Waals surface area (Å²) in [5.74, 6) is 0.614. The predicted octanol–water partition coefficient (Wildman–Crippen LogP) is 1.87. The minimum Gasteiger partial charge on any atom is -0.393 e. The Morgan fingerprint density at radius 2 is 2.10 bits per heavy atom. The first-order valence-corrected chi connectivity index (χ1v) is 11.5. The van der Waals surface area contributed by atoms with Crippen molar-refractivity contribution in [2.45, 2.75) is 44.2 Å². The van der Waals surface area contributed by atoms with Crippen LogP contribution in [0.2, 0.25) is 0 Å². The molecule has 8 nitrogen and oxygen atoms in total. The maximum absolute atomic E-state index is 12.2. The molecule has 3 heterocycles. The third-order valence-corrected chi connectivity index (χ3v) is 6.62. The molecule has 30 heavy (non-hydrogen) atoms. The summed E-state index contributed by atoms with van der Waals surface area (Å²) in [5.41, 5.74) is 0.305. The zero-order chi connectivity index (χ0) is 20.9. The fourth-order valence-electron chi connectivity index (χ4n) is 3.79. The maximum Gasteiger partial charge on any atom is 0.273 e. The van der Waals surface area contributed by atoms with Gasteiger partial charge in [-0.05, 0) is 43.7 Å². The molecule has 0 bridgehead atoms. The quantitative estimate of drug-likeness (QED) is 0.495. The molecule has 0 radical (unpaired) electrons. The zero-order valence-electron chi connectivity index (χ0n) is 16.9. The topological polar surface area (TPSA) is 108 Å². The Kier molecular flexibility index (Phi) is 6.81. The Bertz CT molecular complexity index is 841. The second-order valence-corrected chi connectivity index (χ2v) is 9.11. The standard InChI is InChI=1S/C21H28N4O4S/c26-16-9-15(10-16)23-20(27)14-12-25(13-14)7-3-1-2-6-22-21(28)17-11-18(29-24-17)19-5-4-8-30-19/h4-5,8,11,14-16,26H,1-3,6-7,9-10,12-13H2,(H,22,28)(H,23,27). The van der Waals surface area contributed by atoms with Crippen molar-refractivity contribution in [3.8, 4) is 10.6 Å². The van der Waals surface area contributed by atoms with Crippen LogP contribution < -0.4 is 10.6 Å². The number of unbranched alkanes of at least 4 members (excludes halogenated alkanes) is 2. The monoisotopic (exact) mass is 432 g/mol. The van der Waals surface area contributed by atoms with Crippen LogP contribution in [0.4, 0.5) is 0 Å². The fraction of sp³-hybridized carbons (Fsp3) is 0.571. The van der Waals surface area contributed by atoms with Crippen LogP contribution in [-0.2, 0) is 4.79 Å². The van der Waals surface area contributed by atoms with Crippen LogP contribution in [0.3, 0.4) is 0 Å². The summed E-state index contributed by atoms with van der Waals surface area (Å²) in [6.45, 7) is 3.22. The molecule has 9 heteroatoms. The minimum absolute atomic E-state index is 0.0866. The molecule has 0 aromatic carbocycles. The van der Waals surface area contributed by atoms with Gasteiger partial charge in [0.25, 0.3) is 5.91 Å². The molecule has 3 N–H and O–H groups in total. The summed E-state index contributed by atoms with van der Waals surface area (Å²) in [5, 5.41) is 21.0. The Hall–Kier alpha value is -2.23. The molecule has 1 aliphatic heterocycles. The Labute approximate surface area is 179 Å². The summed E-state index contributed by atoms with van der Waals surface area (Å²) in [4.78, 5) is 27.5. The number of rotatable bonds is 10. The molecule has 2 fully saturated rings. The van der Waals surface area contributed by atoms with Crippen LogP contribution in [0.25, 0.3) is 10.6 Å². The average Bonchev–Trinajstić information content (AvgIpc) is 3.35. The fourth-order valence-corrected chi connectivity index (χ4v) is 4.46. The number of carbonyl (C=O) groups excluding carboxylic acids is 2. The predicted molar refractivity (Wildman–Crippen MR) is 113 cm³/mol. The van der Waals surface area contributed by atoms with Gasteiger partial charge in [-0.1, -0.05) is 17.6 Å². The van der Waals surface area contributed by atoms with Gasteiger partial charge >= 0.3 is 0 Å². The molecular weight excluding hydrogens is 404 g/mol. The van der Waals surface area contributed by atoms with Gasteiger partial charge in [0.1, 0.15) is 0 Å². The highest BCUT2D eigenvalue weighted by molar-refractivity contribution is 7.13. The highest BCUT2D eigenvalue weighted by Crippen LogP contribution is 2.25. The van der Waals surface area contributed by atoms with E-state index in [1.165, 1.54) is 0 Å². The smallest absolute Gasteiger partial charge is 0.273 e. The van der Waals surface area contributed by atoms with Crippen molar-refractivity contribution in [2.24, 2.45) is 5.92 Å². The van der Waals surface area contributed by atoms with Crippen molar-refractivity contribution in [2.75, 3.05) is 26.2 Å². The van der Waals surface area contributed by atoms with E-state index in [9.17, 15) is 14.7 Å². The number of amides is 2. The highest BCUT2D eigenvalue weighted by Gasteiger charge is 2.35. The van der Waals surface area contributed by atoms with Gasteiger partial charge in [-0.2, -0.15) is 0 Å². The lowest BCUT2D eigenvalue weighted by Gasteiger charge is -2.40. The first-order chi connectivity index (χ1) is 14.6. The van der Waals surface area contributed by atoms with E-state index in [-0.39, 0.29) is 29.9 Å². The van der Waals surface area contributed by atoms with E-state index in [1.807, 2.05) is 17.5 Å². The first-order valence-electron chi connectivity index (χ1n) is 10.6. The molecular formula is C21H28N4O4S. The number of hydrogen-bond acceptors (Lipinski definition) is 7. The average molecular weight is 433 g/mol. The number of thiophene rings is 1. The Morgan fingerprint density at radius 3 is 2.83 bits per heavy atom. The third kappa shape index (κ3) is 5.27. The van der Waals surface area contributed by atoms with Crippen molar-refractivity contribution in [1.82, 2.24) is 20.7 Å². The summed E-state index contributed by atoms with van der Waals surface area (Å²) >= 11 is 1.54. The van der Waals surface area contributed by atoms with Gasteiger partial charge in [-0.15, -0.1) is 11.3 Å². The van der Waals surface area contributed by atoms with Crippen molar-refractivity contribution in [1.29, 1.82) is 0 Å². The number of aliphatic hydroxyl groups excluding tert-OH is 1. The molecule has 0 atom stereocenters. The van der Waals surface area contributed by atoms with E-state index in [4.69, 9.17) is 4.52 Å². The van der Waals surface area contributed by atoms with Crippen LogP contribution in [0.1, 0.15) is 42.6 Å². The lowest BCUT2D eigenvalue weighted by molar-refractivity contribution is -0.132. The summed E-state index contributed by atoms with van der Waals surface area (Å²) in [7, 11) is 0. The second-order valence-electron chi connectivity index (χ2n) is 8.16. The molecule has 0 spiro atoms. The van der Waals surface area contributed by atoms with Crippen LogP contribution in [-0.4, -0.2) is 65.3 Å². The summed E-state index contributed by atoms with van der Waals surface area (Å²) in [6, 6.07) is 5.69. The largest absolute Gasteiger partial charge is 0.393 e. The van der Waals surface area contributed by atoms with Gasteiger partial charge in [-0.25, -0.2) is 0 Å². The number of nitrogens with one attached hydrogen (secondary N) is 2. The Balaban J connectivity index is 1.03. The normalized spacial score (nSPS) is 21.6. The van der Waals surface area contributed by atoms with Crippen LogP contribution in [0.15, 0.2) is 28.1 Å². The molecule has 162 valence electrons. The number of aromatic nitrogens is 1. The first kappa shape index (κ1) is 21.0. The lowest BCUT2D eigenvalue weighted by atomic mass is 9.88. The van der Waals surface area contributed by atoms with Gasteiger partial charge in [0.15, 0.2) is 11.5 Å². The highest BCUT2D eigenvalue weighted by atomic mass is 32.1. The number of aliphatic hydroxyl groups is 1. The number of nitrogens with zero attached hydrogens (tertiary/aromatic N) is 2. The van der Waals surface area contributed by atoms with Gasteiger partial charge in [0, 0.05) is 31.7 Å². The molecule has 0 unspecified atom stereocenters. The van der Waals surface area contributed by atoms with Gasteiger partial charge in [0.2, 0.25) is 5.91 Å². The van der Waals surface area contributed by atoms with Crippen LogP contribution >= 0.6 is 11.3 Å².